The first kappa shape index (κ1) is 17.0. The van der Waals surface area contributed by atoms with Crippen molar-refractivity contribution < 1.29 is 25.3 Å². The Balaban J connectivity index is 2.69. The average molecular weight is 299 g/mol. The lowest BCUT2D eigenvalue weighted by Crippen LogP contribution is -2.44. The van der Waals surface area contributed by atoms with Gasteiger partial charge in [-0.15, -0.1) is 0 Å². The van der Waals surface area contributed by atoms with Gasteiger partial charge in [-0.1, -0.05) is 12.1 Å². The third kappa shape index (κ3) is 4.76. The fraction of sp³-hybridized carbons (Fsp3) is 0.417. The van der Waals surface area contributed by atoms with Crippen molar-refractivity contribution in [1.82, 2.24) is 0 Å². The topological polar surface area (TPSA) is 148 Å². The molecule has 9 nitrogen and oxygen atoms in total. The van der Waals surface area contributed by atoms with Crippen molar-refractivity contribution >= 4 is 17.6 Å². The highest BCUT2D eigenvalue weighted by Gasteiger charge is 2.27. The molecule has 1 aromatic rings. The number of nitro benzene ring substituents is 1. The van der Waals surface area contributed by atoms with Gasteiger partial charge in [-0.2, -0.15) is 5.10 Å². The molecular formula is C12H17N3O6. The zero-order chi connectivity index (χ0) is 16.0. The summed E-state index contributed by atoms with van der Waals surface area (Å²) in [7, 11) is 0. The Bertz CT molecular complexity index is 508. The van der Waals surface area contributed by atoms with Crippen molar-refractivity contribution in [1.29, 1.82) is 0 Å². The highest BCUT2D eigenvalue weighted by atomic mass is 16.6. The summed E-state index contributed by atoms with van der Waals surface area (Å²) in [5.74, 6) is 0. The molecule has 5 N–H and O–H groups in total. The molecule has 0 bridgehead atoms. The highest BCUT2D eigenvalue weighted by Crippen LogP contribution is 2.22. The van der Waals surface area contributed by atoms with Crippen LogP contribution >= 0.6 is 0 Å². The van der Waals surface area contributed by atoms with Crippen LogP contribution in [0.4, 0.5) is 11.4 Å². The van der Waals surface area contributed by atoms with Crippen LogP contribution in [-0.4, -0.2) is 56.0 Å². The van der Waals surface area contributed by atoms with Crippen molar-refractivity contribution in [2.75, 3.05) is 5.43 Å². The number of nitro groups is 1. The van der Waals surface area contributed by atoms with Crippen molar-refractivity contribution in [3.05, 3.63) is 34.4 Å². The lowest BCUT2D eigenvalue weighted by molar-refractivity contribution is -0.384. The maximum Gasteiger partial charge on any atom is 0.294 e. The standard InChI is InChI=1S/C12H17N3O6/c1-7(16)11(18)12(19)10(17)6-13-14-8-4-2-3-5-9(8)15(20)21/h2-7,10-12,14,16-19H,1H3. The lowest BCUT2D eigenvalue weighted by Gasteiger charge is -2.22. The normalized spacial score (nSPS) is 17.2. The van der Waals surface area contributed by atoms with Gasteiger partial charge in [-0.05, 0) is 13.0 Å². The Kier molecular flexibility index (Phi) is 6.18. The van der Waals surface area contributed by atoms with Gasteiger partial charge in [-0.3, -0.25) is 15.5 Å². The molecule has 0 fully saturated rings. The molecule has 1 aromatic carbocycles. The molecule has 116 valence electrons. The van der Waals surface area contributed by atoms with Crippen LogP contribution in [0.15, 0.2) is 29.4 Å². The van der Waals surface area contributed by atoms with Gasteiger partial charge in [-0.25, -0.2) is 0 Å². The fourth-order valence-corrected chi connectivity index (χ4v) is 1.49. The number of nitrogens with zero attached hydrogens (tertiary/aromatic N) is 2. The number of hydrazone groups is 1. The van der Waals surface area contributed by atoms with Crippen LogP contribution in [0, 0.1) is 10.1 Å². The number of para-hydroxylation sites is 2. The highest BCUT2D eigenvalue weighted by molar-refractivity contribution is 5.67. The van der Waals surface area contributed by atoms with Crippen LogP contribution < -0.4 is 5.43 Å². The Labute approximate surface area is 120 Å². The van der Waals surface area contributed by atoms with E-state index in [-0.39, 0.29) is 11.4 Å². The van der Waals surface area contributed by atoms with E-state index in [0.29, 0.717) is 0 Å². The minimum Gasteiger partial charge on any atom is -0.391 e. The summed E-state index contributed by atoms with van der Waals surface area (Å²) in [6.45, 7) is 1.25. The van der Waals surface area contributed by atoms with Crippen LogP contribution in [0.1, 0.15) is 6.92 Å². The van der Waals surface area contributed by atoms with E-state index in [9.17, 15) is 25.4 Å². The minimum atomic E-state index is -1.64. The van der Waals surface area contributed by atoms with Crippen LogP contribution in [-0.2, 0) is 0 Å². The molecule has 0 aliphatic carbocycles. The van der Waals surface area contributed by atoms with E-state index in [1.165, 1.54) is 25.1 Å². The van der Waals surface area contributed by atoms with Gasteiger partial charge < -0.3 is 20.4 Å². The Morgan fingerprint density at radius 2 is 1.86 bits per heavy atom. The van der Waals surface area contributed by atoms with E-state index < -0.39 is 29.3 Å². The molecule has 9 heteroatoms. The summed E-state index contributed by atoms with van der Waals surface area (Å²) < 4.78 is 0. The average Bonchev–Trinajstić information content (AvgIpc) is 2.45. The largest absolute Gasteiger partial charge is 0.391 e. The summed E-state index contributed by atoms with van der Waals surface area (Å²) in [6, 6.07) is 5.75. The Morgan fingerprint density at radius 3 is 2.43 bits per heavy atom. The molecule has 4 atom stereocenters. The molecular weight excluding hydrogens is 282 g/mol. The molecule has 4 unspecified atom stereocenters. The van der Waals surface area contributed by atoms with E-state index in [2.05, 4.69) is 10.5 Å². The number of aliphatic hydroxyl groups excluding tert-OH is 4. The molecule has 0 spiro atoms. The van der Waals surface area contributed by atoms with E-state index in [1.807, 2.05) is 0 Å². The number of rotatable bonds is 7. The van der Waals surface area contributed by atoms with Crippen molar-refractivity contribution in [3.8, 4) is 0 Å². The van der Waals surface area contributed by atoms with Crippen molar-refractivity contribution in [2.45, 2.75) is 31.3 Å². The molecule has 0 heterocycles. The second-order valence-electron chi connectivity index (χ2n) is 4.38. The first-order valence-electron chi connectivity index (χ1n) is 6.09. The zero-order valence-electron chi connectivity index (χ0n) is 11.2. The number of hydrogen-bond donors (Lipinski definition) is 5. The summed E-state index contributed by atoms with van der Waals surface area (Å²) in [5, 5.41) is 51.8. The van der Waals surface area contributed by atoms with Gasteiger partial charge in [0.05, 0.1) is 17.2 Å². The Morgan fingerprint density at radius 1 is 1.24 bits per heavy atom. The van der Waals surface area contributed by atoms with Gasteiger partial charge in [0.15, 0.2) is 0 Å². The number of anilines is 1. The quantitative estimate of drug-likeness (QED) is 0.258. The zero-order valence-corrected chi connectivity index (χ0v) is 11.2. The molecule has 0 aliphatic heterocycles. The first-order valence-corrected chi connectivity index (χ1v) is 6.09. The molecule has 1 rings (SSSR count). The van der Waals surface area contributed by atoms with E-state index in [0.717, 1.165) is 6.21 Å². The van der Waals surface area contributed by atoms with E-state index in [4.69, 9.17) is 5.11 Å². The van der Waals surface area contributed by atoms with Gasteiger partial charge in [0.25, 0.3) is 5.69 Å². The predicted octanol–water partition coefficient (Wildman–Crippen LogP) is -0.544. The fourth-order valence-electron chi connectivity index (χ4n) is 1.49. The maximum atomic E-state index is 10.8. The van der Waals surface area contributed by atoms with Gasteiger partial charge in [0.1, 0.15) is 24.0 Å². The number of benzene rings is 1. The van der Waals surface area contributed by atoms with E-state index >= 15 is 0 Å². The number of hydrogen-bond acceptors (Lipinski definition) is 8. The molecule has 0 radical (unpaired) electrons. The SMILES string of the molecule is CC(O)C(O)C(O)C(O)C=NNc1ccccc1[N+](=O)[O-]. The van der Waals surface area contributed by atoms with Crippen LogP contribution in [0.25, 0.3) is 0 Å². The number of nitrogens with one attached hydrogen (secondary N) is 1. The molecule has 0 aromatic heterocycles. The first-order chi connectivity index (χ1) is 9.84. The summed E-state index contributed by atoms with van der Waals surface area (Å²) >= 11 is 0. The maximum absolute atomic E-state index is 10.8. The molecule has 0 aliphatic rings. The van der Waals surface area contributed by atoms with Crippen molar-refractivity contribution in [3.63, 3.8) is 0 Å². The monoisotopic (exact) mass is 299 g/mol. The predicted molar refractivity (Wildman–Crippen MR) is 74.9 cm³/mol. The smallest absolute Gasteiger partial charge is 0.294 e. The van der Waals surface area contributed by atoms with E-state index in [1.54, 1.807) is 6.07 Å². The summed E-state index contributed by atoms with van der Waals surface area (Å²) in [6.07, 6.45) is -5.09. The van der Waals surface area contributed by atoms with Crippen LogP contribution in [0.5, 0.6) is 0 Å². The lowest BCUT2D eigenvalue weighted by atomic mass is 10.1. The second kappa shape index (κ2) is 7.64. The number of aliphatic hydroxyl groups is 4. The van der Waals surface area contributed by atoms with Crippen molar-refractivity contribution in [2.24, 2.45) is 5.10 Å². The van der Waals surface area contributed by atoms with Crippen LogP contribution in [0.3, 0.4) is 0 Å². The molecule has 0 amide bonds. The third-order valence-electron chi connectivity index (χ3n) is 2.71. The molecule has 21 heavy (non-hydrogen) atoms. The van der Waals surface area contributed by atoms with Gasteiger partial charge in [0.2, 0.25) is 0 Å². The third-order valence-corrected chi connectivity index (χ3v) is 2.71. The Hall–Kier alpha value is -2.07. The van der Waals surface area contributed by atoms with Gasteiger partial charge >= 0.3 is 0 Å². The molecule has 0 saturated carbocycles. The summed E-state index contributed by atoms with van der Waals surface area (Å²) in [5.41, 5.74) is 2.27. The van der Waals surface area contributed by atoms with Crippen LogP contribution in [0.2, 0.25) is 0 Å². The summed E-state index contributed by atoms with van der Waals surface area (Å²) in [4.78, 5) is 10.2. The minimum absolute atomic E-state index is 0.108. The second-order valence-corrected chi connectivity index (χ2v) is 4.38. The molecule has 0 saturated heterocycles. The van der Waals surface area contributed by atoms with Gasteiger partial charge in [0, 0.05) is 6.07 Å².